The molecule has 18 heavy (non-hydrogen) atoms. The highest BCUT2D eigenvalue weighted by Crippen LogP contribution is 2.21. The summed E-state index contributed by atoms with van der Waals surface area (Å²) in [5.41, 5.74) is 0.553. The van der Waals surface area contributed by atoms with E-state index in [1.807, 2.05) is 0 Å². The van der Waals surface area contributed by atoms with Crippen LogP contribution in [0.4, 0.5) is 11.5 Å². The van der Waals surface area contributed by atoms with E-state index < -0.39 is 5.97 Å². The third-order valence-electron chi connectivity index (χ3n) is 2.23. The van der Waals surface area contributed by atoms with Gasteiger partial charge >= 0.3 is 5.97 Å². The Morgan fingerprint density at radius 1 is 1.33 bits per heavy atom. The van der Waals surface area contributed by atoms with Crippen LogP contribution in [0.2, 0.25) is 0 Å². The SMILES string of the molecule is COc1cccc(Nc2nccnc2C(=O)O)c1. The van der Waals surface area contributed by atoms with E-state index in [9.17, 15) is 4.79 Å². The van der Waals surface area contributed by atoms with Gasteiger partial charge in [0.2, 0.25) is 0 Å². The molecule has 0 unspecified atom stereocenters. The molecule has 0 saturated carbocycles. The molecule has 0 fully saturated rings. The fraction of sp³-hybridized carbons (Fsp3) is 0.0833. The van der Waals surface area contributed by atoms with Gasteiger partial charge in [-0.15, -0.1) is 0 Å². The number of methoxy groups -OCH3 is 1. The Kier molecular flexibility index (Phi) is 3.38. The number of aromatic carboxylic acids is 1. The number of rotatable bonds is 4. The van der Waals surface area contributed by atoms with Gasteiger partial charge in [-0.25, -0.2) is 14.8 Å². The number of hydrogen-bond acceptors (Lipinski definition) is 5. The maximum atomic E-state index is 11.0. The average molecular weight is 245 g/mol. The Morgan fingerprint density at radius 3 is 2.83 bits per heavy atom. The summed E-state index contributed by atoms with van der Waals surface area (Å²) in [5, 5.41) is 11.9. The number of aromatic nitrogens is 2. The Bertz CT molecular complexity index is 572. The lowest BCUT2D eigenvalue weighted by atomic mass is 10.3. The number of carboxylic acids is 1. The third kappa shape index (κ3) is 2.54. The molecular weight excluding hydrogens is 234 g/mol. The van der Waals surface area contributed by atoms with Crippen LogP contribution < -0.4 is 10.1 Å². The first-order chi connectivity index (χ1) is 8.70. The minimum atomic E-state index is -1.13. The quantitative estimate of drug-likeness (QED) is 0.856. The number of ether oxygens (including phenoxy) is 1. The van der Waals surface area contributed by atoms with E-state index in [1.54, 1.807) is 31.4 Å². The predicted molar refractivity (Wildman–Crippen MR) is 65.3 cm³/mol. The molecule has 2 N–H and O–H groups in total. The maximum absolute atomic E-state index is 11.0. The number of carboxylic acid groups (broad SMARTS) is 1. The van der Waals surface area contributed by atoms with E-state index in [4.69, 9.17) is 9.84 Å². The van der Waals surface area contributed by atoms with E-state index in [0.717, 1.165) is 0 Å². The summed E-state index contributed by atoms with van der Waals surface area (Å²) in [6.07, 6.45) is 2.76. The van der Waals surface area contributed by atoms with Gasteiger partial charge in [0.15, 0.2) is 11.5 Å². The van der Waals surface area contributed by atoms with Crippen molar-refractivity contribution >= 4 is 17.5 Å². The van der Waals surface area contributed by atoms with Crippen LogP contribution in [0.1, 0.15) is 10.5 Å². The molecule has 0 saturated heterocycles. The Labute approximate surface area is 103 Å². The Hall–Kier alpha value is -2.63. The molecular formula is C12H11N3O3. The zero-order valence-electron chi connectivity index (χ0n) is 9.62. The van der Waals surface area contributed by atoms with Crippen molar-refractivity contribution in [1.82, 2.24) is 9.97 Å². The van der Waals surface area contributed by atoms with Crippen LogP contribution >= 0.6 is 0 Å². The number of nitrogens with zero attached hydrogens (tertiary/aromatic N) is 2. The van der Waals surface area contributed by atoms with Gasteiger partial charge in [0, 0.05) is 24.1 Å². The second-order valence-electron chi connectivity index (χ2n) is 3.42. The molecule has 1 aromatic heterocycles. The van der Waals surface area contributed by atoms with Gasteiger partial charge in [-0.05, 0) is 12.1 Å². The summed E-state index contributed by atoms with van der Waals surface area (Å²) in [7, 11) is 1.56. The predicted octanol–water partition coefficient (Wildman–Crippen LogP) is 1.93. The highest BCUT2D eigenvalue weighted by Gasteiger charge is 2.12. The van der Waals surface area contributed by atoms with Crippen LogP contribution in [-0.4, -0.2) is 28.2 Å². The minimum Gasteiger partial charge on any atom is -0.497 e. The van der Waals surface area contributed by atoms with E-state index in [1.165, 1.54) is 12.4 Å². The number of hydrogen-bond donors (Lipinski definition) is 2. The molecule has 0 atom stereocenters. The second kappa shape index (κ2) is 5.13. The van der Waals surface area contributed by atoms with Crippen LogP contribution in [0, 0.1) is 0 Å². The summed E-state index contributed by atoms with van der Waals surface area (Å²) < 4.78 is 5.08. The van der Waals surface area contributed by atoms with Crippen molar-refractivity contribution in [3.63, 3.8) is 0 Å². The zero-order chi connectivity index (χ0) is 13.0. The molecule has 0 bridgehead atoms. The van der Waals surface area contributed by atoms with Crippen molar-refractivity contribution in [3.05, 3.63) is 42.4 Å². The molecule has 0 spiro atoms. The van der Waals surface area contributed by atoms with Crippen molar-refractivity contribution in [2.75, 3.05) is 12.4 Å². The largest absolute Gasteiger partial charge is 0.497 e. The van der Waals surface area contributed by atoms with Crippen LogP contribution in [0.5, 0.6) is 5.75 Å². The molecule has 6 heteroatoms. The first kappa shape index (κ1) is 11.8. The van der Waals surface area contributed by atoms with Crippen LogP contribution in [-0.2, 0) is 0 Å². The molecule has 6 nitrogen and oxygen atoms in total. The standard InChI is InChI=1S/C12H11N3O3/c1-18-9-4-2-3-8(7-9)15-11-10(12(16)17)13-5-6-14-11/h2-7H,1H3,(H,14,15)(H,16,17). The zero-order valence-corrected chi connectivity index (χ0v) is 9.62. The summed E-state index contributed by atoms with van der Waals surface area (Å²) in [6, 6.07) is 7.10. The highest BCUT2D eigenvalue weighted by molar-refractivity contribution is 5.91. The molecule has 92 valence electrons. The molecule has 0 radical (unpaired) electrons. The number of anilines is 2. The monoisotopic (exact) mass is 245 g/mol. The molecule has 0 amide bonds. The normalized spacial score (nSPS) is 9.83. The van der Waals surface area contributed by atoms with Crippen molar-refractivity contribution in [3.8, 4) is 5.75 Å². The van der Waals surface area contributed by atoms with Crippen LogP contribution in [0.15, 0.2) is 36.7 Å². The fourth-order valence-corrected chi connectivity index (χ4v) is 1.42. The summed E-state index contributed by atoms with van der Waals surface area (Å²) >= 11 is 0. The van der Waals surface area contributed by atoms with Gasteiger partial charge in [-0.1, -0.05) is 6.07 Å². The second-order valence-corrected chi connectivity index (χ2v) is 3.42. The molecule has 0 aliphatic heterocycles. The van der Waals surface area contributed by atoms with Gasteiger partial charge in [0.1, 0.15) is 5.75 Å². The van der Waals surface area contributed by atoms with Crippen molar-refractivity contribution < 1.29 is 14.6 Å². The maximum Gasteiger partial charge on any atom is 0.358 e. The first-order valence-electron chi connectivity index (χ1n) is 5.16. The molecule has 1 aromatic carbocycles. The van der Waals surface area contributed by atoms with E-state index in [-0.39, 0.29) is 11.5 Å². The molecule has 1 heterocycles. The molecule has 2 rings (SSSR count). The topological polar surface area (TPSA) is 84.3 Å². The number of benzene rings is 1. The molecule has 0 aliphatic rings. The summed E-state index contributed by atoms with van der Waals surface area (Å²) in [5.74, 6) is -0.271. The molecule has 0 aliphatic carbocycles. The number of carbonyl (C=O) groups is 1. The minimum absolute atomic E-state index is 0.125. The summed E-state index contributed by atoms with van der Waals surface area (Å²) in [6.45, 7) is 0. The molecule has 2 aromatic rings. The highest BCUT2D eigenvalue weighted by atomic mass is 16.5. The smallest absolute Gasteiger partial charge is 0.358 e. The van der Waals surface area contributed by atoms with Crippen molar-refractivity contribution in [2.24, 2.45) is 0 Å². The lowest BCUT2D eigenvalue weighted by Gasteiger charge is -2.08. The first-order valence-corrected chi connectivity index (χ1v) is 5.16. The van der Waals surface area contributed by atoms with Gasteiger partial charge in [0.25, 0.3) is 0 Å². The van der Waals surface area contributed by atoms with Crippen molar-refractivity contribution in [1.29, 1.82) is 0 Å². The Morgan fingerprint density at radius 2 is 2.11 bits per heavy atom. The lowest BCUT2D eigenvalue weighted by Crippen LogP contribution is -2.07. The van der Waals surface area contributed by atoms with Gasteiger partial charge in [-0.2, -0.15) is 0 Å². The summed E-state index contributed by atoms with van der Waals surface area (Å²) in [4.78, 5) is 18.7. The van der Waals surface area contributed by atoms with Crippen LogP contribution in [0.3, 0.4) is 0 Å². The fourth-order valence-electron chi connectivity index (χ4n) is 1.42. The average Bonchev–Trinajstić information content (AvgIpc) is 2.39. The van der Waals surface area contributed by atoms with E-state index in [2.05, 4.69) is 15.3 Å². The van der Waals surface area contributed by atoms with E-state index in [0.29, 0.717) is 11.4 Å². The Balaban J connectivity index is 2.31. The van der Waals surface area contributed by atoms with E-state index >= 15 is 0 Å². The van der Waals surface area contributed by atoms with Crippen LogP contribution in [0.25, 0.3) is 0 Å². The third-order valence-corrected chi connectivity index (χ3v) is 2.23. The van der Waals surface area contributed by atoms with Crippen molar-refractivity contribution in [2.45, 2.75) is 0 Å². The number of nitrogens with one attached hydrogen (secondary N) is 1. The lowest BCUT2D eigenvalue weighted by molar-refractivity contribution is 0.0691. The van der Waals surface area contributed by atoms with Gasteiger partial charge in [0.05, 0.1) is 7.11 Å². The van der Waals surface area contributed by atoms with Gasteiger partial charge < -0.3 is 15.2 Å². The van der Waals surface area contributed by atoms with Gasteiger partial charge in [-0.3, -0.25) is 0 Å².